The van der Waals surface area contributed by atoms with Crippen LogP contribution in [0.4, 0.5) is 0 Å². The molecule has 0 radical (unpaired) electrons. The summed E-state index contributed by atoms with van der Waals surface area (Å²) in [6, 6.07) is 0. The van der Waals surface area contributed by atoms with Crippen molar-refractivity contribution in [3.63, 3.8) is 0 Å². The molecule has 0 amide bonds. The van der Waals surface area contributed by atoms with E-state index in [0.29, 0.717) is 0 Å². The van der Waals surface area contributed by atoms with E-state index in [1.807, 2.05) is 20.1 Å². The van der Waals surface area contributed by atoms with Crippen LogP contribution in [0.2, 0.25) is 0 Å². The van der Waals surface area contributed by atoms with Crippen molar-refractivity contribution in [3.8, 4) is 0 Å². The molecule has 11 heavy (non-hydrogen) atoms. The minimum absolute atomic E-state index is 0.856. The van der Waals surface area contributed by atoms with Gasteiger partial charge in [-0.05, 0) is 20.6 Å². The monoisotopic (exact) mass is 150 g/mol. The molecule has 1 aliphatic heterocycles. The van der Waals surface area contributed by atoms with Gasteiger partial charge in [0.1, 0.15) is 0 Å². The number of allylic oxidation sites excluding steroid dienone is 3. The molecule has 0 aromatic carbocycles. The first-order valence-electron chi connectivity index (χ1n) is 3.52. The summed E-state index contributed by atoms with van der Waals surface area (Å²) >= 11 is 0. The molecule has 0 saturated heterocycles. The van der Waals surface area contributed by atoms with Crippen LogP contribution in [0.1, 0.15) is 20.3 Å². The molecular formula is C9H14N2. The number of rotatable bonds is 1. The van der Waals surface area contributed by atoms with Gasteiger partial charge >= 0.3 is 0 Å². The van der Waals surface area contributed by atoms with Crippen LogP contribution in [0.3, 0.4) is 0 Å². The Hall–Kier alpha value is -1.18. The Kier molecular flexibility index (Phi) is 4.99. The first kappa shape index (κ1) is 9.82. The zero-order valence-electron chi connectivity index (χ0n) is 7.17. The normalized spacial score (nSPS) is 14.0. The highest BCUT2D eigenvalue weighted by molar-refractivity contribution is 5.67. The zero-order chi connectivity index (χ0) is 8.69. The number of hydrogen-bond donors (Lipinski definition) is 0. The summed E-state index contributed by atoms with van der Waals surface area (Å²) in [6.45, 7) is 10.6. The van der Waals surface area contributed by atoms with Crippen molar-refractivity contribution in [2.75, 3.05) is 0 Å². The molecule has 0 atom stereocenters. The highest BCUT2D eigenvalue weighted by Gasteiger charge is 2.01. The van der Waals surface area contributed by atoms with Crippen LogP contribution in [0, 0.1) is 0 Å². The lowest BCUT2D eigenvalue weighted by Gasteiger charge is -1.87. The van der Waals surface area contributed by atoms with Crippen LogP contribution in [0.15, 0.2) is 34.0 Å². The lowest BCUT2D eigenvalue weighted by Crippen LogP contribution is -1.72. The summed E-state index contributed by atoms with van der Waals surface area (Å²) in [5, 5.41) is 0. The molecule has 0 aromatic rings. The summed E-state index contributed by atoms with van der Waals surface area (Å²) in [4.78, 5) is 7.78. The molecule has 0 bridgehead atoms. The predicted molar refractivity (Wildman–Crippen MR) is 51.2 cm³/mol. The molecule has 2 nitrogen and oxygen atoms in total. The van der Waals surface area contributed by atoms with Crippen molar-refractivity contribution in [2.45, 2.75) is 20.3 Å². The van der Waals surface area contributed by atoms with Crippen LogP contribution in [-0.4, -0.2) is 12.9 Å². The summed E-state index contributed by atoms with van der Waals surface area (Å²) in [6.07, 6.45) is 4.45. The molecule has 0 spiro atoms. The Bertz CT molecular complexity index is 200. The molecule has 0 aliphatic carbocycles. The van der Waals surface area contributed by atoms with Crippen LogP contribution in [0.5, 0.6) is 0 Å². The minimum atomic E-state index is 0.856. The van der Waals surface area contributed by atoms with E-state index in [9.17, 15) is 0 Å². The minimum Gasteiger partial charge on any atom is -0.267 e. The van der Waals surface area contributed by atoms with Crippen molar-refractivity contribution in [1.82, 2.24) is 0 Å². The lowest BCUT2D eigenvalue weighted by molar-refractivity contribution is 1.18. The van der Waals surface area contributed by atoms with Gasteiger partial charge in [-0.15, -0.1) is 6.58 Å². The molecule has 1 heterocycles. The van der Waals surface area contributed by atoms with E-state index in [1.54, 1.807) is 6.08 Å². The molecule has 1 rings (SSSR count). The van der Waals surface area contributed by atoms with Gasteiger partial charge in [0.05, 0.1) is 11.4 Å². The van der Waals surface area contributed by atoms with Gasteiger partial charge in [0.25, 0.3) is 0 Å². The van der Waals surface area contributed by atoms with Crippen LogP contribution in [0.25, 0.3) is 0 Å². The third-order valence-electron chi connectivity index (χ3n) is 1.18. The van der Waals surface area contributed by atoms with Gasteiger partial charge in [-0.2, -0.15) is 0 Å². The van der Waals surface area contributed by atoms with E-state index in [2.05, 4.69) is 23.3 Å². The molecular weight excluding hydrogens is 136 g/mol. The maximum Gasteiger partial charge on any atom is 0.0661 e. The van der Waals surface area contributed by atoms with E-state index < -0.39 is 0 Å². The second-order valence-electron chi connectivity index (χ2n) is 2.11. The van der Waals surface area contributed by atoms with Crippen molar-refractivity contribution in [2.24, 2.45) is 9.98 Å². The lowest BCUT2D eigenvalue weighted by atomic mass is 10.3. The average Bonchev–Trinajstić information content (AvgIpc) is 2.36. The molecule has 1 aliphatic rings. The molecule has 2 heteroatoms. The Morgan fingerprint density at radius 1 is 1.73 bits per heavy atom. The topological polar surface area (TPSA) is 24.7 Å². The molecule has 0 fully saturated rings. The average molecular weight is 150 g/mol. The fourth-order valence-corrected chi connectivity index (χ4v) is 0.670. The van der Waals surface area contributed by atoms with Gasteiger partial charge in [-0.25, -0.2) is 0 Å². The zero-order valence-corrected chi connectivity index (χ0v) is 7.17. The Labute approximate surface area is 68.1 Å². The van der Waals surface area contributed by atoms with Gasteiger partial charge in [-0.1, -0.05) is 6.08 Å². The fraction of sp³-hybridized carbons (Fsp3) is 0.333. The Balaban J connectivity index is 0.000000292. The highest BCUT2D eigenvalue weighted by Crippen LogP contribution is 2.14. The fourth-order valence-electron chi connectivity index (χ4n) is 0.670. The number of aliphatic imine (C=N–C) groups is 2. The molecule has 60 valence electrons. The molecule has 0 N–H and O–H groups in total. The molecule has 0 unspecified atom stereocenters. The van der Waals surface area contributed by atoms with Crippen molar-refractivity contribution in [1.29, 1.82) is 0 Å². The quantitative estimate of drug-likeness (QED) is 0.405. The van der Waals surface area contributed by atoms with E-state index >= 15 is 0 Å². The molecule has 0 aromatic heterocycles. The van der Waals surface area contributed by atoms with E-state index in [0.717, 1.165) is 17.8 Å². The van der Waals surface area contributed by atoms with Gasteiger partial charge in [0, 0.05) is 12.6 Å². The van der Waals surface area contributed by atoms with Crippen LogP contribution < -0.4 is 0 Å². The van der Waals surface area contributed by atoms with Crippen molar-refractivity contribution < 1.29 is 0 Å². The first-order valence-corrected chi connectivity index (χ1v) is 3.52. The number of nitrogens with zero attached hydrogens (tertiary/aromatic N) is 2. The Morgan fingerprint density at radius 2 is 2.27 bits per heavy atom. The summed E-state index contributed by atoms with van der Waals surface area (Å²) < 4.78 is 0. The Morgan fingerprint density at radius 3 is 2.45 bits per heavy atom. The van der Waals surface area contributed by atoms with Crippen LogP contribution in [-0.2, 0) is 0 Å². The molecule has 0 saturated carbocycles. The van der Waals surface area contributed by atoms with Crippen molar-refractivity contribution >= 4 is 12.9 Å². The maximum atomic E-state index is 4.01. The number of hydrogen-bond acceptors (Lipinski definition) is 2. The van der Waals surface area contributed by atoms with Crippen LogP contribution >= 0.6 is 0 Å². The summed E-state index contributed by atoms with van der Waals surface area (Å²) in [5.41, 5.74) is 2.00. The van der Waals surface area contributed by atoms with Gasteiger partial charge in [0.2, 0.25) is 0 Å². The standard InChI is InChI=1S/C6H8N2.C3H6/c1-5-6(7-2)3-4-8-5;1-3-2/h4H,2-3H2,1H3;3H,1H2,2H3. The van der Waals surface area contributed by atoms with Crippen molar-refractivity contribution in [3.05, 3.63) is 24.0 Å². The van der Waals surface area contributed by atoms with Gasteiger partial charge in [0.15, 0.2) is 0 Å². The summed E-state index contributed by atoms with van der Waals surface area (Å²) in [5.74, 6) is 0. The predicted octanol–water partition coefficient (Wildman–Crippen LogP) is 2.59. The third-order valence-corrected chi connectivity index (χ3v) is 1.18. The second kappa shape index (κ2) is 5.59. The second-order valence-corrected chi connectivity index (χ2v) is 2.11. The third kappa shape index (κ3) is 3.50. The van der Waals surface area contributed by atoms with Gasteiger partial charge < -0.3 is 0 Å². The largest absolute Gasteiger partial charge is 0.267 e. The van der Waals surface area contributed by atoms with E-state index in [-0.39, 0.29) is 0 Å². The highest BCUT2D eigenvalue weighted by atomic mass is 14.8. The first-order chi connectivity index (χ1) is 5.26. The van der Waals surface area contributed by atoms with E-state index in [1.165, 1.54) is 0 Å². The SMILES string of the molecule is C=CC.C=NC1=C(C)N=CC1. The maximum absolute atomic E-state index is 4.01. The van der Waals surface area contributed by atoms with Gasteiger partial charge in [-0.3, -0.25) is 9.98 Å². The van der Waals surface area contributed by atoms with E-state index in [4.69, 9.17) is 0 Å². The summed E-state index contributed by atoms with van der Waals surface area (Å²) in [7, 11) is 0. The smallest absolute Gasteiger partial charge is 0.0661 e.